The molecule has 1 fully saturated rings. The molecule has 0 N–H and O–H groups in total. The molecule has 1 heterocycles. The van der Waals surface area contributed by atoms with Crippen LogP contribution in [0.25, 0.3) is 0 Å². The van der Waals surface area contributed by atoms with Gasteiger partial charge in [-0.05, 0) is 19.3 Å². The largest absolute Gasteiger partial charge is 0.463 e. The summed E-state index contributed by atoms with van der Waals surface area (Å²) in [6, 6.07) is 0. The lowest BCUT2D eigenvalue weighted by atomic mass is 9.93. The minimum absolute atomic E-state index is 0.0185. The fourth-order valence-electron chi connectivity index (χ4n) is 1.68. The first-order valence-corrected chi connectivity index (χ1v) is 6.23. The molecular weight excluding hydrogens is 220 g/mol. The molecule has 0 spiro atoms. The van der Waals surface area contributed by atoms with Crippen LogP contribution in [0.2, 0.25) is 0 Å². The highest BCUT2D eigenvalue weighted by molar-refractivity contribution is 5.81. The van der Waals surface area contributed by atoms with E-state index >= 15 is 0 Å². The van der Waals surface area contributed by atoms with Crippen LogP contribution < -0.4 is 0 Å². The van der Waals surface area contributed by atoms with Gasteiger partial charge in [0, 0.05) is 19.1 Å². The lowest BCUT2D eigenvalue weighted by molar-refractivity contribution is -0.182. The van der Waals surface area contributed by atoms with E-state index in [0.29, 0.717) is 19.8 Å². The highest BCUT2D eigenvalue weighted by atomic mass is 16.6. The summed E-state index contributed by atoms with van der Waals surface area (Å²) in [7, 11) is 0. The Morgan fingerprint density at radius 3 is 2.71 bits per heavy atom. The van der Waals surface area contributed by atoms with Gasteiger partial charge in [0.15, 0.2) is 0 Å². The average Bonchev–Trinajstić information content (AvgIpc) is 2.30. The van der Waals surface area contributed by atoms with Crippen molar-refractivity contribution in [2.24, 2.45) is 0 Å². The summed E-state index contributed by atoms with van der Waals surface area (Å²) in [5, 5.41) is 0. The lowest BCUT2D eigenvalue weighted by Crippen LogP contribution is -2.47. The Balaban J connectivity index is 1.91. The summed E-state index contributed by atoms with van der Waals surface area (Å²) < 4.78 is 16.0. The molecule has 0 amide bonds. The second-order valence-corrected chi connectivity index (χ2v) is 4.27. The van der Waals surface area contributed by atoms with Crippen molar-refractivity contribution in [1.29, 1.82) is 0 Å². The Hall–Kier alpha value is -0.870. The molecule has 1 saturated heterocycles. The van der Waals surface area contributed by atoms with E-state index in [1.54, 1.807) is 0 Å². The van der Waals surface area contributed by atoms with Gasteiger partial charge in [-0.1, -0.05) is 13.5 Å². The van der Waals surface area contributed by atoms with Crippen LogP contribution in [0.3, 0.4) is 0 Å². The van der Waals surface area contributed by atoms with E-state index in [1.807, 2.05) is 0 Å². The zero-order valence-electron chi connectivity index (χ0n) is 10.6. The molecule has 0 saturated carbocycles. The number of hydrogen-bond acceptors (Lipinski definition) is 4. The third kappa shape index (κ3) is 4.88. The molecule has 4 nitrogen and oxygen atoms in total. The van der Waals surface area contributed by atoms with E-state index in [-0.39, 0.29) is 11.6 Å². The summed E-state index contributed by atoms with van der Waals surface area (Å²) in [5.41, 5.74) is -0.0185. The van der Waals surface area contributed by atoms with Gasteiger partial charge in [0.2, 0.25) is 0 Å². The maximum atomic E-state index is 10.7. The van der Waals surface area contributed by atoms with Crippen molar-refractivity contribution < 1.29 is 19.0 Å². The molecule has 1 atom stereocenters. The van der Waals surface area contributed by atoms with Crippen LogP contribution >= 0.6 is 0 Å². The number of esters is 1. The van der Waals surface area contributed by atoms with Gasteiger partial charge in [-0.15, -0.1) is 0 Å². The minimum Gasteiger partial charge on any atom is -0.463 e. The standard InChI is InChI=1S/C13H22O4/c1-3-12(14)16-9-6-5-8-15-11-13(4-2)7-10-17-13/h3H,1,4-11H2,2H3. The molecule has 1 unspecified atom stereocenters. The average molecular weight is 242 g/mol. The second kappa shape index (κ2) is 7.45. The molecule has 1 aliphatic heterocycles. The van der Waals surface area contributed by atoms with Crippen molar-refractivity contribution in [3.63, 3.8) is 0 Å². The number of carbonyl (C=O) groups excluding carboxylic acids is 1. The Bertz CT molecular complexity index is 240. The smallest absolute Gasteiger partial charge is 0.330 e. The number of unbranched alkanes of at least 4 members (excludes halogenated alkanes) is 1. The molecule has 98 valence electrons. The van der Waals surface area contributed by atoms with E-state index < -0.39 is 0 Å². The van der Waals surface area contributed by atoms with Gasteiger partial charge >= 0.3 is 5.97 Å². The monoisotopic (exact) mass is 242 g/mol. The minimum atomic E-state index is -0.362. The second-order valence-electron chi connectivity index (χ2n) is 4.27. The predicted octanol–water partition coefficient (Wildman–Crippen LogP) is 2.08. The van der Waals surface area contributed by atoms with Crippen LogP contribution in [0.5, 0.6) is 0 Å². The molecular formula is C13H22O4. The highest BCUT2D eigenvalue weighted by Crippen LogP contribution is 2.29. The van der Waals surface area contributed by atoms with E-state index in [0.717, 1.165) is 32.3 Å². The van der Waals surface area contributed by atoms with Gasteiger partial charge in [-0.2, -0.15) is 0 Å². The van der Waals surface area contributed by atoms with Gasteiger partial charge in [-0.3, -0.25) is 0 Å². The van der Waals surface area contributed by atoms with E-state index in [2.05, 4.69) is 13.5 Å². The first-order valence-electron chi connectivity index (χ1n) is 6.23. The van der Waals surface area contributed by atoms with E-state index in [9.17, 15) is 4.79 Å². The summed E-state index contributed by atoms with van der Waals surface area (Å²) >= 11 is 0. The van der Waals surface area contributed by atoms with Crippen LogP contribution in [0.15, 0.2) is 12.7 Å². The molecule has 1 aliphatic rings. The molecule has 0 radical (unpaired) electrons. The van der Waals surface area contributed by atoms with Crippen LogP contribution in [0.4, 0.5) is 0 Å². The Morgan fingerprint density at radius 1 is 1.47 bits per heavy atom. The summed E-state index contributed by atoms with van der Waals surface area (Å²) in [4.78, 5) is 10.7. The quantitative estimate of drug-likeness (QED) is 0.353. The van der Waals surface area contributed by atoms with Crippen molar-refractivity contribution in [1.82, 2.24) is 0 Å². The third-order valence-corrected chi connectivity index (χ3v) is 3.07. The van der Waals surface area contributed by atoms with E-state index in [4.69, 9.17) is 14.2 Å². The predicted molar refractivity (Wildman–Crippen MR) is 64.8 cm³/mol. The maximum Gasteiger partial charge on any atom is 0.330 e. The fraction of sp³-hybridized carbons (Fsp3) is 0.769. The van der Waals surface area contributed by atoms with Crippen molar-refractivity contribution in [3.05, 3.63) is 12.7 Å². The van der Waals surface area contributed by atoms with Crippen molar-refractivity contribution in [2.45, 2.75) is 38.2 Å². The Morgan fingerprint density at radius 2 is 2.18 bits per heavy atom. The molecule has 0 bridgehead atoms. The number of hydrogen-bond donors (Lipinski definition) is 0. The number of ether oxygens (including phenoxy) is 3. The van der Waals surface area contributed by atoms with Crippen molar-refractivity contribution in [2.75, 3.05) is 26.4 Å². The van der Waals surface area contributed by atoms with Crippen molar-refractivity contribution in [3.8, 4) is 0 Å². The fourth-order valence-corrected chi connectivity index (χ4v) is 1.68. The van der Waals surface area contributed by atoms with Gasteiger partial charge in [0.1, 0.15) is 0 Å². The molecule has 0 aliphatic carbocycles. The zero-order valence-corrected chi connectivity index (χ0v) is 10.6. The molecule has 0 aromatic carbocycles. The lowest BCUT2D eigenvalue weighted by Gasteiger charge is -2.40. The molecule has 17 heavy (non-hydrogen) atoms. The van der Waals surface area contributed by atoms with Gasteiger partial charge in [-0.25, -0.2) is 4.79 Å². The molecule has 0 aromatic heterocycles. The summed E-state index contributed by atoms with van der Waals surface area (Å²) in [6.45, 7) is 8.11. The number of rotatable bonds is 9. The maximum absolute atomic E-state index is 10.7. The van der Waals surface area contributed by atoms with Gasteiger partial charge in [0.05, 0.1) is 25.4 Å². The van der Waals surface area contributed by atoms with Crippen molar-refractivity contribution >= 4 is 5.97 Å². The summed E-state index contributed by atoms with van der Waals surface area (Å²) in [6.07, 6.45) is 4.99. The van der Waals surface area contributed by atoms with Gasteiger partial charge < -0.3 is 14.2 Å². The molecule has 0 aromatic rings. The highest BCUT2D eigenvalue weighted by Gasteiger charge is 2.36. The third-order valence-electron chi connectivity index (χ3n) is 3.07. The van der Waals surface area contributed by atoms with E-state index in [1.165, 1.54) is 6.08 Å². The normalized spacial score (nSPS) is 22.9. The number of carbonyl (C=O) groups is 1. The first-order chi connectivity index (χ1) is 8.22. The van der Waals surface area contributed by atoms with Crippen LogP contribution in [0, 0.1) is 0 Å². The Labute approximate surface area is 103 Å². The van der Waals surface area contributed by atoms with Crippen LogP contribution in [-0.2, 0) is 19.0 Å². The zero-order chi connectivity index (χ0) is 12.6. The summed E-state index contributed by atoms with van der Waals surface area (Å²) in [5.74, 6) is -0.362. The van der Waals surface area contributed by atoms with Gasteiger partial charge in [0.25, 0.3) is 0 Å². The Kier molecular flexibility index (Phi) is 6.22. The molecule has 4 heteroatoms. The topological polar surface area (TPSA) is 44.8 Å². The first kappa shape index (κ1) is 14.2. The SMILES string of the molecule is C=CC(=O)OCCCCOCC1(CC)CCO1. The van der Waals surface area contributed by atoms with Crippen LogP contribution in [-0.4, -0.2) is 38.0 Å². The molecule has 1 rings (SSSR count). The van der Waals surface area contributed by atoms with Crippen LogP contribution in [0.1, 0.15) is 32.6 Å².